The van der Waals surface area contributed by atoms with E-state index < -0.39 is 0 Å². The van der Waals surface area contributed by atoms with Gasteiger partial charge in [0.1, 0.15) is 0 Å². The van der Waals surface area contributed by atoms with Crippen LogP contribution in [0.2, 0.25) is 0 Å². The quantitative estimate of drug-likeness (QED) is 0.886. The number of nitrogens with zero attached hydrogens (tertiary/aromatic N) is 1. The first-order valence-electron chi connectivity index (χ1n) is 7.06. The van der Waals surface area contributed by atoms with E-state index in [2.05, 4.69) is 24.4 Å². The molecule has 1 N–H and O–H groups in total. The van der Waals surface area contributed by atoms with Gasteiger partial charge < -0.3 is 10.2 Å². The van der Waals surface area contributed by atoms with Crippen LogP contribution in [0.4, 0.5) is 0 Å². The number of carbonyl (C=O) groups excluding carboxylic acids is 1. The molecule has 1 aromatic rings. The molecule has 3 heteroatoms. The van der Waals surface area contributed by atoms with Gasteiger partial charge in [0.15, 0.2) is 0 Å². The number of rotatable bonds is 2. The van der Waals surface area contributed by atoms with Gasteiger partial charge in [-0.15, -0.1) is 0 Å². The molecule has 2 rings (SSSR count). The van der Waals surface area contributed by atoms with Gasteiger partial charge in [-0.3, -0.25) is 4.79 Å². The highest BCUT2D eigenvalue weighted by molar-refractivity contribution is 5.97. The Bertz CT molecular complexity index is 453. The van der Waals surface area contributed by atoms with Gasteiger partial charge in [0, 0.05) is 18.7 Å². The van der Waals surface area contributed by atoms with Crippen molar-refractivity contribution in [2.45, 2.75) is 39.7 Å². The number of carbonyl (C=O) groups is 1. The van der Waals surface area contributed by atoms with Crippen LogP contribution in [-0.2, 0) is 0 Å². The maximum Gasteiger partial charge on any atom is 0.254 e. The molecule has 0 aromatic heterocycles. The van der Waals surface area contributed by atoms with Crippen molar-refractivity contribution >= 4 is 5.91 Å². The molecule has 0 saturated carbocycles. The molecular formula is C16H24N2O. The minimum absolute atomic E-state index is 0.168. The molecule has 1 aliphatic heterocycles. The lowest BCUT2D eigenvalue weighted by molar-refractivity contribution is 0.0702. The Balaban J connectivity index is 2.23. The predicted octanol–water partition coefficient (Wildman–Crippen LogP) is 2.44. The van der Waals surface area contributed by atoms with Gasteiger partial charge in [-0.05, 0) is 57.8 Å². The Hall–Kier alpha value is -1.35. The van der Waals surface area contributed by atoms with E-state index in [0.29, 0.717) is 6.04 Å². The number of piperidine rings is 1. The molecule has 1 amide bonds. The lowest BCUT2D eigenvalue weighted by Gasteiger charge is -2.32. The van der Waals surface area contributed by atoms with Gasteiger partial charge in [-0.1, -0.05) is 17.7 Å². The summed E-state index contributed by atoms with van der Waals surface area (Å²) in [5.74, 6) is 0.168. The van der Waals surface area contributed by atoms with Gasteiger partial charge in [-0.2, -0.15) is 0 Å². The van der Waals surface area contributed by atoms with Crippen molar-refractivity contribution in [3.05, 3.63) is 34.4 Å². The fraction of sp³-hybridized carbons (Fsp3) is 0.562. The summed E-state index contributed by atoms with van der Waals surface area (Å²) in [5, 5.41) is 3.34. The monoisotopic (exact) mass is 260 g/mol. The van der Waals surface area contributed by atoms with Crippen LogP contribution in [-0.4, -0.2) is 37.0 Å². The Morgan fingerprint density at radius 3 is 2.21 bits per heavy atom. The third-order valence-corrected chi connectivity index (χ3v) is 4.07. The molecule has 3 nitrogen and oxygen atoms in total. The molecule has 1 saturated heterocycles. The summed E-state index contributed by atoms with van der Waals surface area (Å²) in [7, 11) is 1.94. The molecule has 0 atom stereocenters. The number of hydrogen-bond acceptors (Lipinski definition) is 2. The summed E-state index contributed by atoms with van der Waals surface area (Å²) in [4.78, 5) is 14.6. The number of amides is 1. The van der Waals surface area contributed by atoms with Crippen molar-refractivity contribution in [2.75, 3.05) is 20.1 Å². The SMILES string of the molecule is Cc1cc(C)c(C(=O)N(C)C2CCNCC2)c(C)c1. The van der Waals surface area contributed by atoms with Crippen LogP contribution in [0, 0.1) is 20.8 Å². The number of nitrogens with one attached hydrogen (secondary N) is 1. The summed E-state index contributed by atoms with van der Waals surface area (Å²) in [5.41, 5.74) is 4.27. The van der Waals surface area contributed by atoms with Gasteiger partial charge >= 0.3 is 0 Å². The third-order valence-electron chi connectivity index (χ3n) is 4.07. The molecule has 1 heterocycles. The van der Waals surface area contributed by atoms with Crippen LogP contribution in [0.5, 0.6) is 0 Å². The van der Waals surface area contributed by atoms with E-state index >= 15 is 0 Å². The largest absolute Gasteiger partial charge is 0.339 e. The highest BCUT2D eigenvalue weighted by Crippen LogP contribution is 2.20. The fourth-order valence-corrected chi connectivity index (χ4v) is 3.05. The van der Waals surface area contributed by atoms with Crippen molar-refractivity contribution in [3.63, 3.8) is 0 Å². The molecule has 1 fully saturated rings. The van der Waals surface area contributed by atoms with E-state index in [4.69, 9.17) is 0 Å². The molecule has 0 unspecified atom stereocenters. The van der Waals surface area contributed by atoms with Gasteiger partial charge in [0.2, 0.25) is 0 Å². The molecule has 0 bridgehead atoms. The molecule has 1 aromatic carbocycles. The Labute approximate surface area is 116 Å². The second kappa shape index (κ2) is 5.74. The second-order valence-electron chi connectivity index (χ2n) is 5.67. The average Bonchev–Trinajstić information content (AvgIpc) is 2.37. The molecule has 104 valence electrons. The Morgan fingerprint density at radius 1 is 1.16 bits per heavy atom. The number of aryl methyl sites for hydroxylation is 3. The molecule has 1 aliphatic rings. The molecular weight excluding hydrogens is 236 g/mol. The van der Waals surface area contributed by atoms with Crippen molar-refractivity contribution in [1.82, 2.24) is 10.2 Å². The first kappa shape index (κ1) is 14.1. The molecule has 19 heavy (non-hydrogen) atoms. The van der Waals surface area contributed by atoms with Crippen LogP contribution in [0.15, 0.2) is 12.1 Å². The summed E-state index contributed by atoms with van der Waals surface area (Å²) >= 11 is 0. The van der Waals surface area contributed by atoms with Gasteiger partial charge in [0.25, 0.3) is 5.91 Å². The lowest BCUT2D eigenvalue weighted by Crippen LogP contribution is -2.44. The molecule has 0 radical (unpaired) electrons. The zero-order valence-electron chi connectivity index (χ0n) is 12.4. The smallest absolute Gasteiger partial charge is 0.254 e. The van der Waals surface area contributed by atoms with E-state index in [1.165, 1.54) is 5.56 Å². The zero-order chi connectivity index (χ0) is 14.0. The van der Waals surface area contributed by atoms with Crippen LogP contribution in [0.1, 0.15) is 39.9 Å². The first-order chi connectivity index (χ1) is 9.00. The third kappa shape index (κ3) is 2.98. The van der Waals surface area contributed by atoms with Crippen LogP contribution < -0.4 is 5.32 Å². The van der Waals surface area contributed by atoms with Crippen molar-refractivity contribution < 1.29 is 4.79 Å². The average molecular weight is 260 g/mol. The van der Waals surface area contributed by atoms with Crippen molar-refractivity contribution in [3.8, 4) is 0 Å². The fourth-order valence-electron chi connectivity index (χ4n) is 3.05. The van der Waals surface area contributed by atoms with Crippen molar-refractivity contribution in [1.29, 1.82) is 0 Å². The summed E-state index contributed by atoms with van der Waals surface area (Å²) in [6, 6.07) is 4.56. The molecule has 0 aliphatic carbocycles. The second-order valence-corrected chi connectivity index (χ2v) is 5.67. The minimum atomic E-state index is 0.168. The van der Waals surface area contributed by atoms with E-state index in [9.17, 15) is 4.79 Å². The van der Waals surface area contributed by atoms with Gasteiger partial charge in [0.05, 0.1) is 0 Å². The standard InChI is InChI=1S/C16H24N2O/c1-11-9-12(2)15(13(3)10-11)16(19)18(4)14-5-7-17-8-6-14/h9-10,14,17H,5-8H2,1-4H3. The lowest BCUT2D eigenvalue weighted by atomic mass is 9.97. The predicted molar refractivity (Wildman–Crippen MR) is 78.6 cm³/mol. The Morgan fingerprint density at radius 2 is 1.68 bits per heavy atom. The Kier molecular flexibility index (Phi) is 4.25. The number of benzene rings is 1. The number of hydrogen-bond donors (Lipinski definition) is 1. The zero-order valence-corrected chi connectivity index (χ0v) is 12.4. The van der Waals surface area contributed by atoms with Crippen LogP contribution >= 0.6 is 0 Å². The molecule has 0 spiro atoms. The summed E-state index contributed by atoms with van der Waals surface area (Å²) in [6.45, 7) is 8.15. The van der Waals surface area contributed by atoms with E-state index in [-0.39, 0.29) is 5.91 Å². The highest BCUT2D eigenvalue weighted by atomic mass is 16.2. The van der Waals surface area contributed by atoms with E-state index in [1.807, 2.05) is 25.8 Å². The van der Waals surface area contributed by atoms with Crippen LogP contribution in [0.25, 0.3) is 0 Å². The summed E-state index contributed by atoms with van der Waals surface area (Å²) < 4.78 is 0. The van der Waals surface area contributed by atoms with Gasteiger partial charge in [-0.25, -0.2) is 0 Å². The van der Waals surface area contributed by atoms with Crippen LogP contribution in [0.3, 0.4) is 0 Å². The van der Waals surface area contributed by atoms with E-state index in [0.717, 1.165) is 42.6 Å². The maximum absolute atomic E-state index is 12.7. The summed E-state index contributed by atoms with van der Waals surface area (Å²) in [6.07, 6.45) is 2.10. The maximum atomic E-state index is 12.7. The normalized spacial score (nSPS) is 16.4. The van der Waals surface area contributed by atoms with Crippen molar-refractivity contribution in [2.24, 2.45) is 0 Å². The first-order valence-corrected chi connectivity index (χ1v) is 7.06. The topological polar surface area (TPSA) is 32.3 Å². The van der Waals surface area contributed by atoms with E-state index in [1.54, 1.807) is 0 Å². The minimum Gasteiger partial charge on any atom is -0.339 e. The highest BCUT2D eigenvalue weighted by Gasteiger charge is 2.24.